The molecular weight excluding hydrogens is 246 g/mol. The fourth-order valence-electron chi connectivity index (χ4n) is 3.39. The molecule has 3 atom stereocenters. The first-order chi connectivity index (χ1) is 8.57. The van der Waals surface area contributed by atoms with Crippen LogP contribution in [0.15, 0.2) is 18.2 Å². The Hall–Kier alpha value is -0.570. The lowest BCUT2D eigenvalue weighted by molar-refractivity contribution is -0.0438. The summed E-state index contributed by atoms with van der Waals surface area (Å²) < 4.78 is 0. The van der Waals surface area contributed by atoms with E-state index in [1.54, 1.807) is 0 Å². The van der Waals surface area contributed by atoms with Gasteiger partial charge in [0.2, 0.25) is 0 Å². The number of aliphatic hydroxyl groups is 1. The number of benzene rings is 1. The summed E-state index contributed by atoms with van der Waals surface area (Å²) in [6, 6.07) is 6.13. The van der Waals surface area contributed by atoms with Gasteiger partial charge in [-0.2, -0.15) is 0 Å². The minimum absolute atomic E-state index is 0.420. The Morgan fingerprint density at radius 2 is 2.28 bits per heavy atom. The zero-order valence-corrected chi connectivity index (χ0v) is 11.6. The van der Waals surface area contributed by atoms with Crippen LogP contribution < -0.4 is 0 Å². The van der Waals surface area contributed by atoms with Crippen LogP contribution in [0.25, 0.3) is 0 Å². The van der Waals surface area contributed by atoms with Crippen LogP contribution in [0.3, 0.4) is 0 Å². The first kappa shape index (κ1) is 12.5. The van der Waals surface area contributed by atoms with Crippen LogP contribution in [0.4, 0.5) is 0 Å². The van der Waals surface area contributed by atoms with E-state index in [2.05, 4.69) is 17.0 Å². The third-order valence-electron chi connectivity index (χ3n) is 4.60. The van der Waals surface area contributed by atoms with E-state index < -0.39 is 5.60 Å². The van der Waals surface area contributed by atoms with Crippen molar-refractivity contribution in [2.45, 2.75) is 31.8 Å². The molecule has 0 spiro atoms. The number of fused-ring (bicyclic) bond motifs is 2. The summed E-state index contributed by atoms with van der Waals surface area (Å²) in [6.07, 6.45) is 2.70. The van der Waals surface area contributed by atoms with Gasteiger partial charge in [0.25, 0.3) is 0 Å². The molecule has 2 saturated heterocycles. The number of nitrogens with zero attached hydrogens (tertiary/aromatic N) is 1. The van der Waals surface area contributed by atoms with Gasteiger partial charge in [-0.25, -0.2) is 0 Å². The summed E-state index contributed by atoms with van der Waals surface area (Å²) in [5.41, 5.74) is 1.71. The van der Waals surface area contributed by atoms with Gasteiger partial charge in [-0.1, -0.05) is 23.7 Å². The van der Waals surface area contributed by atoms with Gasteiger partial charge in [0.1, 0.15) is 0 Å². The molecule has 1 N–H and O–H groups in total. The second-order valence-corrected chi connectivity index (χ2v) is 6.32. The summed E-state index contributed by atoms with van der Waals surface area (Å²) in [5, 5.41) is 11.7. The summed E-state index contributed by atoms with van der Waals surface area (Å²) in [5.74, 6) is 0.420. The largest absolute Gasteiger partial charge is 0.389 e. The number of hydrogen-bond donors (Lipinski definition) is 1. The van der Waals surface area contributed by atoms with Crippen LogP contribution in [0.1, 0.15) is 24.0 Å². The zero-order valence-electron chi connectivity index (χ0n) is 10.8. The minimum atomic E-state index is -0.550. The van der Waals surface area contributed by atoms with Crippen molar-refractivity contribution in [3.05, 3.63) is 34.3 Å². The first-order valence-corrected chi connectivity index (χ1v) is 7.14. The van der Waals surface area contributed by atoms with Gasteiger partial charge in [0, 0.05) is 30.5 Å². The molecule has 1 aromatic carbocycles. The lowest BCUT2D eigenvalue weighted by Gasteiger charge is -2.39. The summed E-state index contributed by atoms with van der Waals surface area (Å²) in [7, 11) is 0. The van der Waals surface area contributed by atoms with Gasteiger partial charge in [-0.05, 0) is 43.5 Å². The fraction of sp³-hybridized carbons (Fsp3) is 0.600. The van der Waals surface area contributed by atoms with E-state index in [1.165, 1.54) is 5.56 Å². The summed E-state index contributed by atoms with van der Waals surface area (Å²) >= 11 is 6.29. The van der Waals surface area contributed by atoms with E-state index >= 15 is 0 Å². The molecule has 1 aromatic rings. The molecule has 3 unspecified atom stereocenters. The number of halogens is 1. The Morgan fingerprint density at radius 3 is 3.06 bits per heavy atom. The molecule has 2 fully saturated rings. The highest BCUT2D eigenvalue weighted by atomic mass is 35.5. The molecule has 3 heteroatoms. The Morgan fingerprint density at radius 1 is 1.44 bits per heavy atom. The molecule has 2 bridgehead atoms. The molecule has 0 saturated carbocycles. The van der Waals surface area contributed by atoms with Crippen LogP contribution in [0.5, 0.6) is 0 Å². The van der Waals surface area contributed by atoms with Crippen LogP contribution >= 0.6 is 11.6 Å². The van der Waals surface area contributed by atoms with Crippen LogP contribution in [0, 0.1) is 12.8 Å². The van der Waals surface area contributed by atoms with Crippen LogP contribution in [0.2, 0.25) is 5.02 Å². The van der Waals surface area contributed by atoms with Crippen molar-refractivity contribution >= 4 is 11.6 Å². The average Bonchev–Trinajstić information content (AvgIpc) is 2.74. The molecule has 0 aliphatic carbocycles. The Balaban J connectivity index is 1.82. The third kappa shape index (κ3) is 2.18. The molecule has 2 aliphatic rings. The Bertz CT molecular complexity index is 462. The van der Waals surface area contributed by atoms with Crippen molar-refractivity contribution in [1.82, 2.24) is 4.90 Å². The molecule has 0 aromatic heterocycles. The van der Waals surface area contributed by atoms with Gasteiger partial charge in [0.15, 0.2) is 0 Å². The van der Waals surface area contributed by atoms with E-state index in [0.29, 0.717) is 12.3 Å². The highest BCUT2D eigenvalue weighted by Crippen LogP contribution is 2.38. The molecule has 18 heavy (non-hydrogen) atoms. The average molecular weight is 266 g/mol. The van der Waals surface area contributed by atoms with E-state index in [4.69, 9.17) is 11.6 Å². The maximum atomic E-state index is 10.9. The molecule has 0 radical (unpaired) electrons. The highest BCUT2D eigenvalue weighted by Gasteiger charge is 2.44. The first-order valence-electron chi connectivity index (χ1n) is 6.77. The van der Waals surface area contributed by atoms with E-state index in [-0.39, 0.29) is 0 Å². The number of piperidine rings is 1. The third-order valence-corrected chi connectivity index (χ3v) is 4.95. The predicted octanol–water partition coefficient (Wildman–Crippen LogP) is 2.65. The second-order valence-electron chi connectivity index (χ2n) is 5.91. The maximum absolute atomic E-state index is 10.9. The standard InChI is InChI=1S/C15H20ClNO/c1-11-2-3-12(14(16)8-11)9-15(18)5-7-17-6-4-13(15)10-17/h2-3,8,13,18H,4-7,9-10H2,1H3. The summed E-state index contributed by atoms with van der Waals surface area (Å²) in [6.45, 7) is 5.27. The lowest BCUT2D eigenvalue weighted by atomic mass is 9.78. The SMILES string of the molecule is Cc1ccc(CC2(O)CCN3CCC2C3)c(Cl)c1. The Kier molecular flexibility index (Phi) is 3.13. The molecule has 3 rings (SSSR count). The number of hydrogen-bond acceptors (Lipinski definition) is 2. The van der Waals surface area contributed by atoms with E-state index in [0.717, 1.165) is 43.1 Å². The molecular formula is C15H20ClNO. The quantitative estimate of drug-likeness (QED) is 0.889. The predicted molar refractivity (Wildman–Crippen MR) is 74.0 cm³/mol. The lowest BCUT2D eigenvalue weighted by Crippen LogP contribution is -2.47. The fourth-order valence-corrected chi connectivity index (χ4v) is 3.69. The van der Waals surface area contributed by atoms with Gasteiger partial charge in [0.05, 0.1) is 5.60 Å². The van der Waals surface area contributed by atoms with Crippen molar-refractivity contribution in [3.8, 4) is 0 Å². The molecule has 2 heterocycles. The molecule has 2 nitrogen and oxygen atoms in total. The molecule has 2 aliphatic heterocycles. The summed E-state index contributed by atoms with van der Waals surface area (Å²) in [4.78, 5) is 2.45. The molecule has 98 valence electrons. The van der Waals surface area contributed by atoms with Crippen molar-refractivity contribution in [3.63, 3.8) is 0 Å². The van der Waals surface area contributed by atoms with Gasteiger partial charge < -0.3 is 10.0 Å². The van der Waals surface area contributed by atoms with E-state index in [1.807, 2.05) is 13.0 Å². The Labute approximate surface area is 114 Å². The van der Waals surface area contributed by atoms with Crippen molar-refractivity contribution in [2.24, 2.45) is 5.92 Å². The zero-order chi connectivity index (χ0) is 12.8. The number of rotatable bonds is 2. The van der Waals surface area contributed by atoms with Gasteiger partial charge in [-0.15, -0.1) is 0 Å². The normalized spacial score (nSPS) is 34.8. The second kappa shape index (κ2) is 4.52. The monoisotopic (exact) mass is 265 g/mol. The van der Waals surface area contributed by atoms with E-state index in [9.17, 15) is 5.11 Å². The molecule has 0 amide bonds. The maximum Gasteiger partial charge on any atom is 0.0741 e. The van der Waals surface area contributed by atoms with Crippen molar-refractivity contribution in [1.29, 1.82) is 0 Å². The minimum Gasteiger partial charge on any atom is -0.389 e. The van der Waals surface area contributed by atoms with Crippen molar-refractivity contribution in [2.75, 3.05) is 19.6 Å². The smallest absolute Gasteiger partial charge is 0.0741 e. The van der Waals surface area contributed by atoms with Crippen LogP contribution in [-0.4, -0.2) is 35.2 Å². The van der Waals surface area contributed by atoms with Gasteiger partial charge >= 0.3 is 0 Å². The van der Waals surface area contributed by atoms with Gasteiger partial charge in [-0.3, -0.25) is 0 Å². The van der Waals surface area contributed by atoms with Crippen LogP contribution in [-0.2, 0) is 6.42 Å². The number of aryl methyl sites for hydroxylation is 1. The van der Waals surface area contributed by atoms with Crippen molar-refractivity contribution < 1.29 is 5.11 Å². The highest BCUT2D eigenvalue weighted by molar-refractivity contribution is 6.31. The topological polar surface area (TPSA) is 23.5 Å².